The summed E-state index contributed by atoms with van der Waals surface area (Å²) in [5.74, 6) is 0. The Morgan fingerprint density at radius 3 is 2.42 bits per heavy atom. The third-order valence-electron chi connectivity index (χ3n) is 5.16. The van der Waals surface area contributed by atoms with Crippen molar-refractivity contribution >= 4 is 22.5 Å². The molecule has 2 nitrogen and oxygen atoms in total. The highest BCUT2D eigenvalue weighted by Crippen LogP contribution is 2.44. The second-order valence-electron chi connectivity index (χ2n) is 6.70. The van der Waals surface area contributed by atoms with Gasteiger partial charge in [0.1, 0.15) is 6.10 Å². The zero-order valence-corrected chi connectivity index (χ0v) is 14.9. The molecule has 0 saturated carbocycles. The lowest BCUT2D eigenvalue weighted by Crippen LogP contribution is -2.21. The standard InChI is InChI=1S/C23H18ClNO/c24-19-12-6-4-11-17(19)23-22-18(16-10-5-7-13-20(16)25-22)14-21(26-23)15-8-2-1-3-9-15/h1-13,21,23,25H,14H2/t21-,23-/m0/s1. The van der Waals surface area contributed by atoms with E-state index < -0.39 is 0 Å². The van der Waals surface area contributed by atoms with Gasteiger partial charge in [-0.25, -0.2) is 0 Å². The molecule has 2 atom stereocenters. The molecular weight excluding hydrogens is 342 g/mol. The molecule has 0 unspecified atom stereocenters. The molecule has 0 aliphatic carbocycles. The molecule has 5 rings (SSSR count). The fourth-order valence-corrected chi connectivity index (χ4v) is 4.15. The van der Waals surface area contributed by atoms with Crippen LogP contribution in [0.5, 0.6) is 0 Å². The van der Waals surface area contributed by atoms with Gasteiger partial charge in [-0.2, -0.15) is 0 Å². The van der Waals surface area contributed by atoms with Crippen molar-refractivity contribution in [3.8, 4) is 0 Å². The van der Waals surface area contributed by atoms with Crippen LogP contribution in [0.1, 0.15) is 34.6 Å². The zero-order valence-electron chi connectivity index (χ0n) is 14.2. The Morgan fingerprint density at radius 1 is 0.846 bits per heavy atom. The summed E-state index contributed by atoms with van der Waals surface area (Å²) < 4.78 is 6.58. The Labute approximate surface area is 157 Å². The Bertz CT molecular complexity index is 1070. The SMILES string of the molecule is Clc1ccccc1[C@@H]1O[C@H](c2ccccc2)Cc2c1[nH]c1ccccc21. The first-order valence-electron chi connectivity index (χ1n) is 8.85. The lowest BCUT2D eigenvalue weighted by atomic mass is 9.91. The number of halogens is 1. The number of aromatic nitrogens is 1. The summed E-state index contributed by atoms with van der Waals surface area (Å²) in [6, 6.07) is 26.8. The minimum atomic E-state index is -0.204. The fraction of sp³-hybridized carbons (Fsp3) is 0.130. The van der Waals surface area contributed by atoms with E-state index in [-0.39, 0.29) is 12.2 Å². The summed E-state index contributed by atoms with van der Waals surface area (Å²) in [5, 5.41) is 2.00. The smallest absolute Gasteiger partial charge is 0.125 e. The van der Waals surface area contributed by atoms with E-state index in [9.17, 15) is 0 Å². The molecule has 0 amide bonds. The predicted octanol–water partition coefficient (Wildman–Crippen LogP) is 6.22. The van der Waals surface area contributed by atoms with Crippen LogP contribution in [0.4, 0.5) is 0 Å². The highest BCUT2D eigenvalue weighted by atomic mass is 35.5. The maximum atomic E-state index is 6.58. The Morgan fingerprint density at radius 2 is 1.58 bits per heavy atom. The van der Waals surface area contributed by atoms with Crippen LogP contribution in [0.2, 0.25) is 5.02 Å². The average Bonchev–Trinajstić information content (AvgIpc) is 3.07. The van der Waals surface area contributed by atoms with Crippen LogP contribution in [0, 0.1) is 0 Å². The van der Waals surface area contributed by atoms with Crippen LogP contribution in [0.25, 0.3) is 10.9 Å². The highest BCUT2D eigenvalue weighted by Gasteiger charge is 2.33. The lowest BCUT2D eigenvalue weighted by molar-refractivity contribution is -0.00695. The molecule has 3 heteroatoms. The van der Waals surface area contributed by atoms with Gasteiger partial charge in [0.05, 0.1) is 11.8 Å². The van der Waals surface area contributed by atoms with Gasteiger partial charge in [0.15, 0.2) is 0 Å². The number of ether oxygens (including phenoxy) is 1. The maximum absolute atomic E-state index is 6.58. The molecule has 3 aromatic carbocycles. The lowest BCUT2D eigenvalue weighted by Gasteiger charge is -2.31. The maximum Gasteiger partial charge on any atom is 0.125 e. The normalized spacial score (nSPS) is 19.4. The van der Waals surface area contributed by atoms with Crippen molar-refractivity contribution in [1.29, 1.82) is 0 Å². The van der Waals surface area contributed by atoms with Gasteiger partial charge in [-0.15, -0.1) is 0 Å². The summed E-state index contributed by atoms with van der Waals surface area (Å²) in [7, 11) is 0. The zero-order chi connectivity index (χ0) is 17.5. The van der Waals surface area contributed by atoms with Gasteiger partial charge in [-0.05, 0) is 23.3 Å². The summed E-state index contributed by atoms with van der Waals surface area (Å²) in [6.07, 6.45) is 0.652. The van der Waals surface area contributed by atoms with Crippen LogP contribution in [-0.2, 0) is 11.2 Å². The first-order chi connectivity index (χ1) is 12.8. The third-order valence-corrected chi connectivity index (χ3v) is 5.50. The van der Waals surface area contributed by atoms with Crippen LogP contribution < -0.4 is 0 Å². The third kappa shape index (κ3) is 2.54. The van der Waals surface area contributed by atoms with Gasteiger partial charge >= 0.3 is 0 Å². The van der Waals surface area contributed by atoms with E-state index in [1.165, 1.54) is 16.5 Å². The van der Waals surface area contributed by atoms with Crippen molar-refractivity contribution in [3.63, 3.8) is 0 Å². The summed E-state index contributed by atoms with van der Waals surface area (Å²) in [4.78, 5) is 3.58. The predicted molar refractivity (Wildman–Crippen MR) is 106 cm³/mol. The monoisotopic (exact) mass is 359 g/mol. The molecule has 1 aliphatic heterocycles. The first kappa shape index (κ1) is 15.7. The van der Waals surface area contributed by atoms with Crippen molar-refractivity contribution in [1.82, 2.24) is 4.98 Å². The van der Waals surface area contributed by atoms with Gasteiger partial charge in [0.2, 0.25) is 0 Å². The van der Waals surface area contributed by atoms with E-state index >= 15 is 0 Å². The molecule has 128 valence electrons. The minimum Gasteiger partial charge on any atom is -0.359 e. The number of hydrogen-bond donors (Lipinski definition) is 1. The minimum absolute atomic E-state index is 0.00387. The van der Waals surface area contributed by atoms with E-state index in [0.717, 1.165) is 28.2 Å². The molecular formula is C23H18ClNO. The number of para-hydroxylation sites is 1. The number of rotatable bonds is 2. The van der Waals surface area contributed by atoms with Crippen molar-refractivity contribution < 1.29 is 4.74 Å². The van der Waals surface area contributed by atoms with E-state index in [0.29, 0.717) is 0 Å². The van der Waals surface area contributed by atoms with Gasteiger partial charge in [0.25, 0.3) is 0 Å². The Balaban J connectivity index is 1.70. The van der Waals surface area contributed by atoms with E-state index in [4.69, 9.17) is 16.3 Å². The van der Waals surface area contributed by atoms with E-state index in [1.54, 1.807) is 0 Å². The molecule has 1 aromatic heterocycles. The topological polar surface area (TPSA) is 25.0 Å². The van der Waals surface area contributed by atoms with Crippen molar-refractivity contribution in [2.24, 2.45) is 0 Å². The number of fused-ring (bicyclic) bond motifs is 3. The molecule has 4 aromatic rings. The average molecular weight is 360 g/mol. The Kier molecular flexibility index (Phi) is 3.81. The summed E-state index contributed by atoms with van der Waals surface area (Å²) >= 11 is 6.52. The van der Waals surface area contributed by atoms with Gasteiger partial charge < -0.3 is 9.72 Å². The molecule has 1 N–H and O–H groups in total. The van der Waals surface area contributed by atoms with E-state index in [1.807, 2.05) is 24.3 Å². The van der Waals surface area contributed by atoms with Crippen LogP contribution in [0.15, 0.2) is 78.9 Å². The second kappa shape index (κ2) is 6.31. The number of H-pyrrole nitrogens is 1. The molecule has 26 heavy (non-hydrogen) atoms. The van der Waals surface area contributed by atoms with Crippen LogP contribution >= 0.6 is 11.6 Å². The molecule has 2 heterocycles. The number of nitrogens with one attached hydrogen (secondary N) is 1. The molecule has 0 radical (unpaired) electrons. The first-order valence-corrected chi connectivity index (χ1v) is 9.23. The van der Waals surface area contributed by atoms with Crippen molar-refractivity contribution in [2.45, 2.75) is 18.6 Å². The summed E-state index contributed by atoms with van der Waals surface area (Å²) in [6.45, 7) is 0. The van der Waals surface area contributed by atoms with Gasteiger partial charge in [-0.1, -0.05) is 78.3 Å². The largest absolute Gasteiger partial charge is 0.359 e. The second-order valence-corrected chi connectivity index (χ2v) is 7.11. The van der Waals surface area contributed by atoms with Crippen molar-refractivity contribution in [2.75, 3.05) is 0 Å². The van der Waals surface area contributed by atoms with E-state index in [2.05, 4.69) is 59.6 Å². The number of benzene rings is 3. The molecule has 0 bridgehead atoms. The fourth-order valence-electron chi connectivity index (χ4n) is 3.91. The molecule has 0 fully saturated rings. The summed E-state index contributed by atoms with van der Waals surface area (Å²) in [5.41, 5.74) is 5.78. The molecule has 0 spiro atoms. The molecule has 1 aliphatic rings. The van der Waals surface area contributed by atoms with Crippen molar-refractivity contribution in [3.05, 3.63) is 106 Å². The van der Waals surface area contributed by atoms with Crippen LogP contribution in [-0.4, -0.2) is 4.98 Å². The van der Waals surface area contributed by atoms with Gasteiger partial charge in [-0.3, -0.25) is 0 Å². The Hall–Kier alpha value is -2.55. The number of aromatic amines is 1. The number of hydrogen-bond acceptors (Lipinski definition) is 1. The van der Waals surface area contributed by atoms with Crippen LogP contribution in [0.3, 0.4) is 0 Å². The highest BCUT2D eigenvalue weighted by molar-refractivity contribution is 6.31. The molecule has 0 saturated heterocycles. The quantitative estimate of drug-likeness (QED) is 0.451. The van der Waals surface area contributed by atoms with Gasteiger partial charge in [0, 0.05) is 27.9 Å².